The number of fused-ring (bicyclic) bond motifs is 1. The van der Waals surface area contributed by atoms with Gasteiger partial charge in [0.2, 0.25) is 0 Å². The zero-order chi connectivity index (χ0) is 20.1. The molecule has 2 atom stereocenters. The summed E-state index contributed by atoms with van der Waals surface area (Å²) in [7, 11) is 3.06. The normalized spacial score (nSPS) is 20.5. The van der Waals surface area contributed by atoms with Gasteiger partial charge in [0.15, 0.2) is 10.7 Å². The van der Waals surface area contributed by atoms with E-state index in [-0.39, 0.29) is 18.6 Å². The van der Waals surface area contributed by atoms with Gasteiger partial charge in [-0.3, -0.25) is 9.98 Å². The molecule has 1 N–H and O–H groups in total. The average Bonchev–Trinajstić information content (AvgIpc) is 3.15. The topological polar surface area (TPSA) is 89.3 Å². The molecule has 0 spiro atoms. The number of carbonyl (C=O) groups is 1. The summed E-state index contributed by atoms with van der Waals surface area (Å²) >= 11 is 0.0370. The van der Waals surface area contributed by atoms with Gasteiger partial charge in [0.1, 0.15) is 5.04 Å². The standard InChI is InChI=1S/C19H22N4O3S2/c1-4-27-18(20-2)17-21-11-15(19(24)26-3)16-10-13(12-23(16)17)22-28(25)14-8-6-5-7-9-14/h4-9,13,22H,1,10-12H2,2-3H3/b20-18-. The molecule has 9 heteroatoms. The second-order valence-electron chi connectivity index (χ2n) is 6.08. The van der Waals surface area contributed by atoms with Crippen molar-refractivity contribution in [3.63, 3.8) is 0 Å². The molecule has 3 rings (SSSR count). The Labute approximate surface area is 172 Å². The molecular formula is C19H22N4O3S2. The van der Waals surface area contributed by atoms with Crippen molar-refractivity contribution in [2.24, 2.45) is 9.98 Å². The maximum Gasteiger partial charge on any atom is 0.337 e. The smallest absolute Gasteiger partial charge is 0.337 e. The molecule has 2 unspecified atom stereocenters. The molecule has 1 fully saturated rings. The number of thioether (sulfide) groups is 1. The number of aliphatic imine (C=N–C) groups is 2. The summed E-state index contributed by atoms with van der Waals surface area (Å²) in [6, 6.07) is 9.12. The Kier molecular flexibility index (Phi) is 6.95. The van der Waals surface area contributed by atoms with Gasteiger partial charge < -0.3 is 14.2 Å². The molecule has 1 aromatic carbocycles. The van der Waals surface area contributed by atoms with E-state index in [2.05, 4.69) is 21.3 Å². The highest BCUT2D eigenvalue weighted by atomic mass is 32.2. The lowest BCUT2D eigenvalue weighted by Gasteiger charge is -2.27. The number of methoxy groups -OCH3 is 1. The van der Waals surface area contributed by atoms with E-state index < -0.39 is 11.4 Å². The molecule has 0 saturated carbocycles. The summed E-state index contributed by atoms with van der Waals surface area (Å²) in [5, 5.41) is 2.42. The first kappa shape index (κ1) is 20.7. The number of ether oxygens (including phenoxy) is 1. The molecule has 1 aromatic rings. The highest BCUT2D eigenvalue weighted by Crippen LogP contribution is 2.31. The van der Waals surface area contributed by atoms with Gasteiger partial charge >= 0.3 is 5.97 Å². The van der Waals surface area contributed by atoms with E-state index in [1.54, 1.807) is 12.5 Å². The van der Waals surface area contributed by atoms with Crippen LogP contribution in [0, 0.1) is 0 Å². The minimum atomic E-state index is -1.34. The van der Waals surface area contributed by atoms with Gasteiger partial charge in [-0.2, -0.15) is 0 Å². The molecule has 0 aromatic heterocycles. The highest BCUT2D eigenvalue weighted by molar-refractivity contribution is 8.18. The number of hydrogen-bond donors (Lipinski definition) is 1. The van der Waals surface area contributed by atoms with E-state index in [4.69, 9.17) is 4.74 Å². The van der Waals surface area contributed by atoms with E-state index in [0.29, 0.717) is 29.3 Å². The van der Waals surface area contributed by atoms with Crippen LogP contribution in [-0.2, 0) is 20.9 Å². The van der Waals surface area contributed by atoms with E-state index in [1.165, 1.54) is 18.9 Å². The molecule has 0 bridgehead atoms. The van der Waals surface area contributed by atoms with Crippen LogP contribution >= 0.6 is 11.8 Å². The monoisotopic (exact) mass is 418 g/mol. The lowest BCUT2D eigenvalue weighted by Crippen LogP contribution is -2.41. The molecule has 28 heavy (non-hydrogen) atoms. The first-order valence-corrected chi connectivity index (χ1v) is 10.7. The van der Waals surface area contributed by atoms with E-state index in [0.717, 1.165) is 10.7 Å². The maximum absolute atomic E-state index is 12.7. The number of nitrogens with zero attached hydrogens (tertiary/aromatic N) is 3. The Morgan fingerprint density at radius 3 is 2.89 bits per heavy atom. The summed E-state index contributed by atoms with van der Waals surface area (Å²) in [5.41, 5.74) is 1.37. The fraction of sp³-hybridized carbons (Fsp3) is 0.316. The minimum Gasteiger partial charge on any atom is -0.593 e. The largest absolute Gasteiger partial charge is 0.593 e. The van der Waals surface area contributed by atoms with Crippen molar-refractivity contribution in [3.8, 4) is 0 Å². The molecule has 7 nitrogen and oxygen atoms in total. The predicted molar refractivity (Wildman–Crippen MR) is 114 cm³/mol. The van der Waals surface area contributed by atoms with Gasteiger partial charge in [-0.15, -0.1) is 4.72 Å². The van der Waals surface area contributed by atoms with E-state index >= 15 is 0 Å². The fourth-order valence-electron chi connectivity index (χ4n) is 3.19. The number of carbonyl (C=O) groups excluding carboxylic acids is 1. The third kappa shape index (κ3) is 4.33. The zero-order valence-electron chi connectivity index (χ0n) is 15.8. The summed E-state index contributed by atoms with van der Waals surface area (Å²) in [4.78, 5) is 23.8. The third-order valence-electron chi connectivity index (χ3n) is 4.41. The van der Waals surface area contributed by atoms with Crippen molar-refractivity contribution >= 4 is 40.0 Å². The van der Waals surface area contributed by atoms with Crippen LogP contribution in [0.25, 0.3) is 0 Å². The Balaban J connectivity index is 1.85. The van der Waals surface area contributed by atoms with E-state index in [1.807, 2.05) is 35.2 Å². The van der Waals surface area contributed by atoms with Crippen molar-refractivity contribution < 1.29 is 14.1 Å². The van der Waals surface area contributed by atoms with Crippen molar-refractivity contribution in [3.05, 3.63) is 53.6 Å². The molecule has 2 aliphatic rings. The fourth-order valence-corrected chi connectivity index (χ4v) is 4.73. The van der Waals surface area contributed by atoms with Crippen LogP contribution in [0.4, 0.5) is 0 Å². The molecule has 1 saturated heterocycles. The van der Waals surface area contributed by atoms with Crippen LogP contribution < -0.4 is 4.72 Å². The number of hydrogen-bond acceptors (Lipinski definition) is 8. The number of esters is 1. The number of rotatable bonds is 6. The van der Waals surface area contributed by atoms with Crippen molar-refractivity contribution in [1.29, 1.82) is 0 Å². The molecule has 0 aliphatic carbocycles. The minimum absolute atomic E-state index is 0.106. The Morgan fingerprint density at radius 2 is 2.25 bits per heavy atom. The molecule has 0 radical (unpaired) electrons. The first-order chi connectivity index (χ1) is 13.6. The predicted octanol–water partition coefficient (Wildman–Crippen LogP) is 2.12. The summed E-state index contributed by atoms with van der Waals surface area (Å²) in [6.45, 7) is 4.51. The van der Waals surface area contributed by atoms with Crippen LogP contribution in [0.2, 0.25) is 0 Å². The summed E-state index contributed by atoms with van der Waals surface area (Å²) < 4.78 is 20.7. The lowest BCUT2D eigenvalue weighted by molar-refractivity contribution is -0.136. The Morgan fingerprint density at radius 1 is 1.50 bits per heavy atom. The zero-order valence-corrected chi connectivity index (χ0v) is 17.4. The van der Waals surface area contributed by atoms with Crippen LogP contribution in [0.5, 0.6) is 0 Å². The maximum atomic E-state index is 12.7. The molecular weight excluding hydrogens is 396 g/mol. The molecule has 148 valence electrons. The van der Waals surface area contributed by atoms with Gasteiger partial charge in [-0.25, -0.2) is 4.79 Å². The second kappa shape index (κ2) is 9.42. The van der Waals surface area contributed by atoms with Crippen LogP contribution in [0.1, 0.15) is 6.42 Å². The average molecular weight is 419 g/mol. The number of amidine groups is 1. The Hall–Kier alpha value is -2.07. The van der Waals surface area contributed by atoms with Gasteiger partial charge in [0.05, 0.1) is 36.6 Å². The quantitative estimate of drug-likeness (QED) is 0.329. The molecule has 2 aliphatic heterocycles. The van der Waals surface area contributed by atoms with Crippen molar-refractivity contribution in [2.45, 2.75) is 17.4 Å². The van der Waals surface area contributed by atoms with Gasteiger partial charge in [-0.1, -0.05) is 36.5 Å². The Bertz CT molecular complexity index is 839. The third-order valence-corrected chi connectivity index (χ3v) is 6.41. The lowest BCUT2D eigenvalue weighted by atomic mass is 10.1. The number of nitrogens with one attached hydrogen (secondary N) is 1. The second-order valence-corrected chi connectivity index (χ2v) is 8.28. The SMILES string of the molecule is C=CS/C(=N\C)C1=NCC(C(=O)OC)=C2CC(N[S+]([O-])c3ccccc3)CN12. The van der Waals surface area contributed by atoms with Crippen LogP contribution in [0.15, 0.2) is 68.5 Å². The summed E-state index contributed by atoms with van der Waals surface area (Å²) in [5.74, 6) is 0.309. The van der Waals surface area contributed by atoms with Crippen molar-refractivity contribution in [2.75, 3.05) is 27.2 Å². The van der Waals surface area contributed by atoms with Gasteiger partial charge in [0.25, 0.3) is 0 Å². The van der Waals surface area contributed by atoms with Gasteiger partial charge in [0, 0.05) is 25.7 Å². The molecule has 2 heterocycles. The van der Waals surface area contributed by atoms with Gasteiger partial charge in [-0.05, 0) is 17.5 Å². The first-order valence-electron chi connectivity index (χ1n) is 8.69. The summed E-state index contributed by atoms with van der Waals surface area (Å²) in [6.07, 6.45) is 0.553. The van der Waals surface area contributed by atoms with E-state index in [9.17, 15) is 9.35 Å². The van der Waals surface area contributed by atoms with Crippen LogP contribution in [0.3, 0.4) is 0 Å². The molecule has 0 amide bonds. The highest BCUT2D eigenvalue weighted by Gasteiger charge is 2.39. The van der Waals surface area contributed by atoms with Crippen molar-refractivity contribution in [1.82, 2.24) is 9.62 Å². The number of benzene rings is 1. The van der Waals surface area contributed by atoms with Crippen LogP contribution in [-0.4, -0.2) is 59.6 Å².